The molecule has 2 aliphatic rings. The molecule has 0 saturated heterocycles. The van der Waals surface area contributed by atoms with Gasteiger partial charge in [-0.25, -0.2) is 0 Å². The van der Waals surface area contributed by atoms with Crippen LogP contribution in [0.15, 0.2) is 24.3 Å². The molecular formula is C16H20N2O2. The summed E-state index contributed by atoms with van der Waals surface area (Å²) in [6.45, 7) is 1.49. The second kappa shape index (κ2) is 4.93. The van der Waals surface area contributed by atoms with Crippen LogP contribution in [0.2, 0.25) is 0 Å². The molecular weight excluding hydrogens is 252 g/mol. The smallest absolute Gasteiger partial charge is 0.230 e. The minimum Gasteiger partial charge on any atom is -0.353 e. The van der Waals surface area contributed by atoms with Crippen molar-refractivity contribution in [2.75, 3.05) is 5.32 Å². The predicted molar refractivity (Wildman–Crippen MR) is 77.4 cm³/mol. The number of anilines is 1. The first-order valence-corrected chi connectivity index (χ1v) is 7.29. The molecule has 0 heterocycles. The van der Waals surface area contributed by atoms with Gasteiger partial charge in [-0.3, -0.25) is 9.59 Å². The van der Waals surface area contributed by atoms with Crippen LogP contribution < -0.4 is 10.6 Å². The normalized spacial score (nSPS) is 19.9. The first kappa shape index (κ1) is 13.2. The highest BCUT2D eigenvalue weighted by molar-refractivity contribution is 5.91. The van der Waals surface area contributed by atoms with Crippen molar-refractivity contribution in [1.29, 1.82) is 0 Å². The Kier molecular flexibility index (Phi) is 3.24. The molecule has 0 bridgehead atoms. The summed E-state index contributed by atoms with van der Waals surface area (Å²) in [7, 11) is 0. The van der Waals surface area contributed by atoms with E-state index in [2.05, 4.69) is 10.6 Å². The summed E-state index contributed by atoms with van der Waals surface area (Å²) in [6, 6.07) is 8.09. The molecule has 0 aromatic heterocycles. The SMILES string of the molecule is CC(=O)Nc1ccc(C2(C(=O)NC3CC3)CCC2)cc1. The molecule has 2 amide bonds. The zero-order valence-electron chi connectivity index (χ0n) is 11.7. The number of hydrogen-bond donors (Lipinski definition) is 2. The maximum absolute atomic E-state index is 12.5. The molecule has 4 heteroatoms. The van der Waals surface area contributed by atoms with E-state index in [0.717, 1.165) is 43.4 Å². The van der Waals surface area contributed by atoms with Crippen molar-refractivity contribution in [3.8, 4) is 0 Å². The van der Waals surface area contributed by atoms with Gasteiger partial charge in [-0.1, -0.05) is 18.6 Å². The van der Waals surface area contributed by atoms with Gasteiger partial charge in [0, 0.05) is 18.7 Å². The van der Waals surface area contributed by atoms with E-state index < -0.39 is 0 Å². The van der Waals surface area contributed by atoms with Crippen LogP contribution in [-0.2, 0) is 15.0 Å². The van der Waals surface area contributed by atoms with E-state index in [1.54, 1.807) is 0 Å². The fourth-order valence-electron chi connectivity index (χ4n) is 2.80. The summed E-state index contributed by atoms with van der Waals surface area (Å²) in [5.74, 6) is 0.0983. The number of amides is 2. The summed E-state index contributed by atoms with van der Waals surface area (Å²) in [5.41, 5.74) is 1.51. The molecule has 1 aromatic carbocycles. The third-order valence-corrected chi connectivity index (χ3v) is 4.31. The molecule has 0 spiro atoms. The Morgan fingerprint density at radius 2 is 1.80 bits per heavy atom. The number of nitrogens with one attached hydrogen (secondary N) is 2. The van der Waals surface area contributed by atoms with Crippen LogP contribution in [0.5, 0.6) is 0 Å². The number of hydrogen-bond acceptors (Lipinski definition) is 2. The highest BCUT2D eigenvalue weighted by Gasteiger charge is 2.46. The van der Waals surface area contributed by atoms with Crippen LogP contribution in [-0.4, -0.2) is 17.9 Å². The summed E-state index contributed by atoms with van der Waals surface area (Å²) >= 11 is 0. The molecule has 0 unspecified atom stereocenters. The Bertz CT molecular complexity index is 528. The average Bonchev–Trinajstić information content (AvgIpc) is 3.13. The van der Waals surface area contributed by atoms with Crippen molar-refractivity contribution in [2.24, 2.45) is 0 Å². The third kappa shape index (κ3) is 2.42. The zero-order chi connectivity index (χ0) is 14.2. The largest absolute Gasteiger partial charge is 0.353 e. The lowest BCUT2D eigenvalue weighted by molar-refractivity contribution is -0.130. The standard InChI is InChI=1S/C16H20N2O2/c1-11(19)17-13-5-3-12(4-6-13)16(9-2-10-16)15(20)18-14-7-8-14/h3-6,14H,2,7-10H2,1H3,(H,17,19)(H,18,20). The molecule has 0 atom stereocenters. The second-order valence-electron chi connectivity index (χ2n) is 5.94. The molecule has 4 nitrogen and oxygen atoms in total. The highest BCUT2D eigenvalue weighted by atomic mass is 16.2. The van der Waals surface area contributed by atoms with Gasteiger partial charge in [-0.2, -0.15) is 0 Å². The van der Waals surface area contributed by atoms with Gasteiger partial charge in [0.05, 0.1) is 5.41 Å². The maximum atomic E-state index is 12.5. The molecule has 2 saturated carbocycles. The first-order chi connectivity index (χ1) is 9.60. The molecule has 1 aromatic rings. The summed E-state index contributed by atoms with van der Waals surface area (Å²) in [5, 5.41) is 5.88. The lowest BCUT2D eigenvalue weighted by Gasteiger charge is -2.40. The van der Waals surface area contributed by atoms with Gasteiger partial charge in [-0.15, -0.1) is 0 Å². The van der Waals surface area contributed by atoms with E-state index in [9.17, 15) is 9.59 Å². The topological polar surface area (TPSA) is 58.2 Å². The van der Waals surface area contributed by atoms with Gasteiger partial charge in [0.15, 0.2) is 0 Å². The van der Waals surface area contributed by atoms with Crippen LogP contribution in [0, 0.1) is 0 Å². The van der Waals surface area contributed by atoms with E-state index >= 15 is 0 Å². The Labute approximate surface area is 118 Å². The first-order valence-electron chi connectivity index (χ1n) is 7.29. The van der Waals surface area contributed by atoms with Crippen molar-refractivity contribution in [1.82, 2.24) is 5.32 Å². The molecule has 2 aliphatic carbocycles. The van der Waals surface area contributed by atoms with Gasteiger partial charge in [0.1, 0.15) is 0 Å². The van der Waals surface area contributed by atoms with Crippen molar-refractivity contribution < 1.29 is 9.59 Å². The summed E-state index contributed by atoms with van der Waals surface area (Å²) < 4.78 is 0. The highest BCUT2D eigenvalue weighted by Crippen LogP contribution is 2.44. The number of rotatable bonds is 4. The zero-order valence-corrected chi connectivity index (χ0v) is 11.7. The van der Waals surface area contributed by atoms with E-state index in [0.29, 0.717) is 6.04 Å². The van der Waals surface area contributed by atoms with Crippen LogP contribution >= 0.6 is 0 Å². The summed E-state index contributed by atoms with van der Waals surface area (Å²) in [4.78, 5) is 23.5. The van der Waals surface area contributed by atoms with E-state index in [-0.39, 0.29) is 17.2 Å². The van der Waals surface area contributed by atoms with Gasteiger partial charge in [0.2, 0.25) is 11.8 Å². The van der Waals surface area contributed by atoms with Crippen LogP contribution in [0.1, 0.15) is 44.6 Å². The molecule has 2 N–H and O–H groups in total. The van der Waals surface area contributed by atoms with Crippen LogP contribution in [0.25, 0.3) is 0 Å². The average molecular weight is 272 g/mol. The van der Waals surface area contributed by atoms with E-state index in [4.69, 9.17) is 0 Å². The van der Waals surface area contributed by atoms with Crippen LogP contribution in [0.4, 0.5) is 5.69 Å². The molecule has 0 radical (unpaired) electrons. The van der Waals surface area contributed by atoms with E-state index in [1.165, 1.54) is 6.92 Å². The van der Waals surface area contributed by atoms with Crippen molar-refractivity contribution in [2.45, 2.75) is 50.5 Å². The lowest BCUT2D eigenvalue weighted by Crippen LogP contribution is -2.49. The minimum absolute atomic E-state index is 0.0809. The molecule has 106 valence electrons. The van der Waals surface area contributed by atoms with Crippen molar-refractivity contribution in [3.05, 3.63) is 29.8 Å². The minimum atomic E-state index is -0.336. The molecule has 0 aliphatic heterocycles. The molecule has 20 heavy (non-hydrogen) atoms. The monoisotopic (exact) mass is 272 g/mol. The Hall–Kier alpha value is -1.84. The Morgan fingerprint density at radius 3 is 2.25 bits per heavy atom. The number of carbonyl (C=O) groups excluding carboxylic acids is 2. The van der Waals surface area contributed by atoms with E-state index in [1.807, 2.05) is 24.3 Å². The van der Waals surface area contributed by atoms with Crippen molar-refractivity contribution in [3.63, 3.8) is 0 Å². The number of benzene rings is 1. The van der Waals surface area contributed by atoms with Gasteiger partial charge >= 0.3 is 0 Å². The lowest BCUT2D eigenvalue weighted by atomic mass is 9.63. The Balaban J connectivity index is 1.77. The molecule has 3 rings (SSSR count). The Morgan fingerprint density at radius 1 is 1.15 bits per heavy atom. The third-order valence-electron chi connectivity index (χ3n) is 4.31. The second-order valence-corrected chi connectivity index (χ2v) is 5.94. The summed E-state index contributed by atoms with van der Waals surface area (Å²) in [6.07, 6.45) is 5.17. The van der Waals surface area contributed by atoms with Crippen LogP contribution in [0.3, 0.4) is 0 Å². The molecule has 2 fully saturated rings. The fourth-order valence-corrected chi connectivity index (χ4v) is 2.80. The number of carbonyl (C=O) groups is 2. The van der Waals surface area contributed by atoms with Gasteiger partial charge in [-0.05, 0) is 43.4 Å². The van der Waals surface area contributed by atoms with Gasteiger partial charge < -0.3 is 10.6 Å². The maximum Gasteiger partial charge on any atom is 0.230 e. The fraction of sp³-hybridized carbons (Fsp3) is 0.500. The van der Waals surface area contributed by atoms with Gasteiger partial charge in [0.25, 0.3) is 0 Å². The predicted octanol–water partition coefficient (Wildman–Crippen LogP) is 2.35. The van der Waals surface area contributed by atoms with Crippen molar-refractivity contribution >= 4 is 17.5 Å². The quantitative estimate of drug-likeness (QED) is 0.884.